The molecule has 0 radical (unpaired) electrons. The molecule has 2 fully saturated rings. The van der Waals surface area contributed by atoms with E-state index in [0.29, 0.717) is 5.41 Å². The van der Waals surface area contributed by atoms with E-state index in [9.17, 15) is 0 Å². The van der Waals surface area contributed by atoms with E-state index in [1.165, 1.54) is 56.8 Å². The third-order valence-electron chi connectivity index (χ3n) is 5.19. The van der Waals surface area contributed by atoms with Gasteiger partial charge in [-0.05, 0) is 26.7 Å². The largest absolute Gasteiger partial charge is 0.375 e. The van der Waals surface area contributed by atoms with Gasteiger partial charge < -0.3 is 14.5 Å². The lowest BCUT2D eigenvalue weighted by Gasteiger charge is -2.41. The molecule has 2 aliphatic heterocycles. The fraction of sp³-hybridized carbons (Fsp3) is 0.944. The Balaban J connectivity index is 1.96. The number of ether oxygens (including phenoxy) is 1. The highest BCUT2D eigenvalue weighted by Crippen LogP contribution is 2.36. The summed E-state index contributed by atoms with van der Waals surface area (Å²) in [6.07, 6.45) is 8.83. The molecule has 0 aliphatic carbocycles. The number of hydrogen-bond donors (Lipinski definition) is 3. The van der Waals surface area contributed by atoms with Crippen molar-refractivity contribution in [1.82, 2.24) is 0 Å². The van der Waals surface area contributed by atoms with Crippen molar-refractivity contribution >= 4 is 6.21 Å². The molecule has 3 N–H and O–H groups in total. The molecule has 4 nitrogen and oxygen atoms in total. The third kappa shape index (κ3) is 5.64. The van der Waals surface area contributed by atoms with E-state index in [0.717, 1.165) is 19.6 Å². The van der Waals surface area contributed by atoms with Crippen LogP contribution in [0.2, 0.25) is 0 Å². The molecule has 4 heteroatoms. The van der Waals surface area contributed by atoms with Crippen LogP contribution in [-0.2, 0) is 4.74 Å². The third-order valence-corrected chi connectivity index (χ3v) is 5.19. The smallest absolute Gasteiger partial charge is 0.150 e. The first kappa shape index (κ1) is 17.9. The van der Waals surface area contributed by atoms with Crippen LogP contribution in [0.25, 0.3) is 0 Å². The molecule has 0 aromatic heterocycles. The van der Waals surface area contributed by atoms with E-state index in [1.807, 2.05) is 0 Å². The summed E-state index contributed by atoms with van der Waals surface area (Å²) in [5.74, 6) is 0. The highest BCUT2D eigenvalue weighted by Gasteiger charge is 2.45. The Labute approximate surface area is 136 Å². The predicted molar refractivity (Wildman–Crippen MR) is 90.7 cm³/mol. The molecule has 22 heavy (non-hydrogen) atoms. The van der Waals surface area contributed by atoms with Crippen molar-refractivity contribution in [1.29, 1.82) is 0 Å². The number of likely N-dealkylation sites (tertiary alicyclic amines) is 1. The van der Waals surface area contributed by atoms with Gasteiger partial charge >= 0.3 is 0 Å². The second-order valence-corrected chi connectivity index (χ2v) is 8.44. The van der Waals surface area contributed by atoms with Gasteiger partial charge in [0.15, 0.2) is 0 Å². The lowest BCUT2D eigenvalue weighted by atomic mass is 9.74. The van der Waals surface area contributed by atoms with E-state index in [-0.39, 0.29) is 5.60 Å². The van der Waals surface area contributed by atoms with Crippen molar-refractivity contribution < 1.29 is 19.5 Å². The van der Waals surface area contributed by atoms with Gasteiger partial charge in [-0.15, -0.1) is 0 Å². The van der Waals surface area contributed by atoms with Crippen LogP contribution < -0.4 is 14.8 Å². The Morgan fingerprint density at radius 3 is 2.59 bits per heavy atom. The molecule has 0 aromatic rings. The van der Waals surface area contributed by atoms with Gasteiger partial charge in [-0.2, -0.15) is 0 Å². The molecule has 1 atom stereocenters. The van der Waals surface area contributed by atoms with Gasteiger partial charge in [0.2, 0.25) is 0 Å². The van der Waals surface area contributed by atoms with Gasteiger partial charge in [0.05, 0.1) is 52.3 Å². The van der Waals surface area contributed by atoms with Crippen LogP contribution in [0, 0.1) is 5.41 Å². The summed E-state index contributed by atoms with van der Waals surface area (Å²) in [4.78, 5) is 6.99. The van der Waals surface area contributed by atoms with Crippen molar-refractivity contribution in [2.24, 2.45) is 5.41 Å². The number of hydrogen-bond acceptors (Lipinski definition) is 1. The van der Waals surface area contributed by atoms with E-state index >= 15 is 0 Å². The van der Waals surface area contributed by atoms with Crippen LogP contribution >= 0.6 is 0 Å². The van der Waals surface area contributed by atoms with Crippen LogP contribution in [0.15, 0.2) is 0 Å². The van der Waals surface area contributed by atoms with Crippen LogP contribution in [0.5, 0.6) is 0 Å². The first-order valence-electron chi connectivity index (χ1n) is 9.25. The van der Waals surface area contributed by atoms with E-state index in [4.69, 9.17) is 4.74 Å². The van der Waals surface area contributed by atoms with E-state index in [1.54, 1.807) is 4.90 Å². The maximum Gasteiger partial charge on any atom is 0.150 e. The number of nitrogens with one attached hydrogen (secondary N) is 3. The zero-order chi connectivity index (χ0) is 16.1. The monoisotopic (exact) mass is 312 g/mol. The first-order valence-corrected chi connectivity index (χ1v) is 9.25. The summed E-state index contributed by atoms with van der Waals surface area (Å²) in [5, 5.41) is 0. The summed E-state index contributed by atoms with van der Waals surface area (Å²) in [6.45, 7) is 11.8. The minimum absolute atomic E-state index is 0.0172. The first-order chi connectivity index (χ1) is 10.4. The van der Waals surface area contributed by atoms with Gasteiger partial charge in [0.1, 0.15) is 18.2 Å². The predicted octanol–water partition coefficient (Wildman–Crippen LogP) is -2.07. The Morgan fingerprint density at radius 2 is 1.95 bits per heavy atom. The number of quaternary nitrogens is 2. The van der Waals surface area contributed by atoms with Crippen molar-refractivity contribution in [3.63, 3.8) is 0 Å². The van der Waals surface area contributed by atoms with Gasteiger partial charge in [0.25, 0.3) is 0 Å². The SMILES string of the molecule is C[NH+](C)CCC[NH+]=C[C@]1(C[NH+]2CCCC2)CCOC(C)(C)C1. The number of rotatable bonds is 7. The van der Waals surface area contributed by atoms with Crippen molar-refractivity contribution in [3.05, 3.63) is 0 Å². The second-order valence-electron chi connectivity index (χ2n) is 8.44. The van der Waals surface area contributed by atoms with Crippen molar-refractivity contribution in [3.8, 4) is 0 Å². The van der Waals surface area contributed by atoms with Gasteiger partial charge in [-0.1, -0.05) is 0 Å². The minimum Gasteiger partial charge on any atom is -0.375 e. The Hall–Kier alpha value is -0.450. The fourth-order valence-corrected chi connectivity index (χ4v) is 4.23. The maximum absolute atomic E-state index is 5.98. The molecule has 0 bridgehead atoms. The summed E-state index contributed by atoms with van der Waals surface area (Å²) in [7, 11) is 4.45. The molecule has 0 spiro atoms. The summed E-state index contributed by atoms with van der Waals surface area (Å²) in [5.41, 5.74) is 0.329. The van der Waals surface area contributed by atoms with Gasteiger partial charge in [0, 0.05) is 19.4 Å². The molecule has 0 amide bonds. The molecule has 2 saturated heterocycles. The summed E-state index contributed by atoms with van der Waals surface area (Å²) in [6, 6.07) is 0. The normalized spacial score (nSPS) is 29.7. The van der Waals surface area contributed by atoms with Gasteiger partial charge in [-0.25, -0.2) is 0 Å². The highest BCUT2D eigenvalue weighted by molar-refractivity contribution is 5.60. The molecular formula is C18H38N3O+3. The average Bonchev–Trinajstić information content (AvgIpc) is 2.89. The Bertz CT molecular complexity index is 361. The average molecular weight is 313 g/mol. The van der Waals surface area contributed by atoms with Crippen LogP contribution in [-0.4, -0.2) is 65.2 Å². The minimum atomic E-state index is 0.0172. The van der Waals surface area contributed by atoms with Crippen LogP contribution in [0.3, 0.4) is 0 Å². The zero-order valence-corrected chi connectivity index (χ0v) is 15.3. The van der Waals surface area contributed by atoms with Gasteiger partial charge in [-0.3, -0.25) is 4.99 Å². The summed E-state index contributed by atoms with van der Waals surface area (Å²) >= 11 is 0. The molecule has 2 rings (SSSR count). The molecule has 2 heterocycles. The lowest BCUT2D eigenvalue weighted by Crippen LogP contribution is -3.11. The topological polar surface area (TPSA) is 32.1 Å². The Morgan fingerprint density at radius 1 is 1.23 bits per heavy atom. The van der Waals surface area contributed by atoms with Crippen molar-refractivity contribution in [2.45, 2.75) is 51.6 Å². The molecular weight excluding hydrogens is 274 g/mol. The molecule has 2 aliphatic rings. The molecule has 0 aromatic carbocycles. The van der Waals surface area contributed by atoms with Crippen molar-refractivity contribution in [2.75, 3.05) is 53.4 Å². The second kappa shape index (κ2) is 7.89. The van der Waals surface area contributed by atoms with E-state index in [2.05, 4.69) is 39.1 Å². The maximum atomic E-state index is 5.98. The van der Waals surface area contributed by atoms with Crippen LogP contribution in [0.1, 0.15) is 46.0 Å². The zero-order valence-electron chi connectivity index (χ0n) is 15.3. The standard InChI is InChI=1S/C18H35N3O/c1-17(2)14-18(8-13-22-17,16-21-11-5-6-12-21)15-19-9-7-10-20(3)4/h15H,5-14,16H2,1-4H3/p+3/t18-/m0/s1. The Kier molecular flexibility index (Phi) is 6.42. The quantitative estimate of drug-likeness (QED) is 0.366. The molecule has 0 unspecified atom stereocenters. The van der Waals surface area contributed by atoms with E-state index < -0.39 is 0 Å². The molecule has 0 saturated carbocycles. The summed E-state index contributed by atoms with van der Waals surface area (Å²) < 4.78 is 5.98. The fourth-order valence-electron chi connectivity index (χ4n) is 4.23. The van der Waals surface area contributed by atoms with Crippen LogP contribution in [0.4, 0.5) is 0 Å². The molecule has 128 valence electrons. The lowest BCUT2D eigenvalue weighted by molar-refractivity contribution is -0.893. The highest BCUT2D eigenvalue weighted by atomic mass is 16.5.